The van der Waals surface area contributed by atoms with Crippen molar-refractivity contribution in [2.75, 3.05) is 13.1 Å². The summed E-state index contributed by atoms with van der Waals surface area (Å²) in [5.41, 5.74) is 8.63. The molecule has 1 N–H and O–H groups in total. The molecule has 152 valence electrons. The Morgan fingerprint density at radius 1 is 0.900 bits per heavy atom. The summed E-state index contributed by atoms with van der Waals surface area (Å²) in [6, 6.07) is 24.3. The van der Waals surface area contributed by atoms with Crippen LogP contribution in [0.4, 0.5) is 0 Å². The number of aryl methyl sites for hydroxylation is 1. The number of aromatic nitrogens is 2. The van der Waals surface area contributed by atoms with Crippen LogP contribution in [-0.2, 0) is 6.54 Å². The van der Waals surface area contributed by atoms with Crippen molar-refractivity contribution in [3.63, 3.8) is 0 Å². The van der Waals surface area contributed by atoms with E-state index in [2.05, 4.69) is 88.5 Å². The second kappa shape index (κ2) is 8.08. The van der Waals surface area contributed by atoms with E-state index in [-0.39, 0.29) is 0 Å². The molecule has 1 aliphatic heterocycles. The molecule has 0 aliphatic carbocycles. The summed E-state index contributed by atoms with van der Waals surface area (Å²) in [6.07, 6.45) is 2.63. The minimum atomic E-state index is 0.869. The fourth-order valence-electron chi connectivity index (χ4n) is 4.56. The second-order valence-electron chi connectivity index (χ2n) is 8.75. The average Bonchev–Trinajstić information content (AvgIpc) is 3.15. The zero-order valence-corrected chi connectivity index (χ0v) is 17.9. The molecule has 1 aromatic heterocycles. The van der Waals surface area contributed by atoms with Crippen molar-refractivity contribution in [2.45, 2.75) is 33.2 Å². The summed E-state index contributed by atoms with van der Waals surface area (Å²) in [5.74, 6) is 1.83. The van der Waals surface area contributed by atoms with Gasteiger partial charge in [0, 0.05) is 6.54 Å². The van der Waals surface area contributed by atoms with E-state index < -0.39 is 0 Å². The minimum Gasteiger partial charge on any atom is -0.342 e. The standard InChI is InChI=1S/C27H29N3/c1-19-13-15-30(16-14-19)18-24-5-3-4-6-25(24)22-9-7-21(8-10-22)23-11-12-26-27(17-23)29-20(2)28-26/h3-12,17,19H,13-16,18H2,1-2H3,(H,28,29). The maximum absolute atomic E-state index is 4.50. The molecule has 5 rings (SSSR count). The highest BCUT2D eigenvalue weighted by Gasteiger charge is 2.17. The minimum absolute atomic E-state index is 0.869. The van der Waals surface area contributed by atoms with Gasteiger partial charge in [-0.15, -0.1) is 0 Å². The monoisotopic (exact) mass is 395 g/mol. The van der Waals surface area contributed by atoms with Gasteiger partial charge in [-0.25, -0.2) is 4.98 Å². The van der Waals surface area contributed by atoms with Crippen molar-refractivity contribution < 1.29 is 0 Å². The summed E-state index contributed by atoms with van der Waals surface area (Å²) >= 11 is 0. The van der Waals surface area contributed by atoms with Crippen molar-refractivity contribution in [3.8, 4) is 22.3 Å². The quantitative estimate of drug-likeness (QED) is 0.431. The molecule has 30 heavy (non-hydrogen) atoms. The number of H-pyrrole nitrogens is 1. The van der Waals surface area contributed by atoms with Gasteiger partial charge in [-0.3, -0.25) is 4.90 Å². The first kappa shape index (κ1) is 19.1. The normalized spacial score (nSPS) is 15.7. The lowest BCUT2D eigenvalue weighted by atomic mass is 9.95. The fourth-order valence-corrected chi connectivity index (χ4v) is 4.56. The van der Waals surface area contributed by atoms with E-state index in [9.17, 15) is 0 Å². The van der Waals surface area contributed by atoms with Crippen LogP contribution in [-0.4, -0.2) is 28.0 Å². The number of likely N-dealkylation sites (tertiary alicyclic amines) is 1. The lowest BCUT2D eigenvalue weighted by molar-refractivity contribution is 0.185. The fraction of sp³-hybridized carbons (Fsp3) is 0.296. The first-order valence-corrected chi connectivity index (χ1v) is 11.0. The number of aromatic amines is 1. The highest BCUT2D eigenvalue weighted by atomic mass is 15.1. The lowest BCUT2D eigenvalue weighted by Crippen LogP contribution is -2.32. The molecule has 1 saturated heterocycles. The van der Waals surface area contributed by atoms with Crippen LogP contribution >= 0.6 is 0 Å². The molecule has 3 heteroatoms. The summed E-state index contributed by atoms with van der Waals surface area (Å²) in [7, 11) is 0. The third-order valence-electron chi connectivity index (χ3n) is 6.42. The first-order valence-electron chi connectivity index (χ1n) is 11.0. The number of imidazole rings is 1. The molecule has 0 bridgehead atoms. The molecule has 3 aromatic carbocycles. The molecular formula is C27H29N3. The van der Waals surface area contributed by atoms with Gasteiger partial charge in [0.2, 0.25) is 0 Å². The summed E-state index contributed by atoms with van der Waals surface area (Å²) < 4.78 is 0. The number of benzene rings is 3. The Hall–Kier alpha value is -2.91. The molecule has 0 spiro atoms. The van der Waals surface area contributed by atoms with E-state index >= 15 is 0 Å². The predicted molar refractivity (Wildman–Crippen MR) is 125 cm³/mol. The number of hydrogen-bond acceptors (Lipinski definition) is 2. The Balaban J connectivity index is 1.40. The van der Waals surface area contributed by atoms with Crippen molar-refractivity contribution in [1.82, 2.24) is 14.9 Å². The van der Waals surface area contributed by atoms with Gasteiger partial charge in [-0.2, -0.15) is 0 Å². The highest BCUT2D eigenvalue weighted by Crippen LogP contribution is 2.30. The predicted octanol–water partition coefficient (Wildman–Crippen LogP) is 6.44. The molecule has 0 saturated carbocycles. The van der Waals surface area contributed by atoms with Gasteiger partial charge in [0.15, 0.2) is 0 Å². The zero-order chi connectivity index (χ0) is 20.5. The summed E-state index contributed by atoms with van der Waals surface area (Å²) in [6.45, 7) is 7.84. The van der Waals surface area contributed by atoms with Crippen LogP contribution < -0.4 is 0 Å². The van der Waals surface area contributed by atoms with Gasteiger partial charge in [0.25, 0.3) is 0 Å². The van der Waals surface area contributed by atoms with Crippen molar-refractivity contribution >= 4 is 11.0 Å². The number of nitrogens with zero attached hydrogens (tertiary/aromatic N) is 2. The van der Waals surface area contributed by atoms with Crippen LogP contribution in [0.25, 0.3) is 33.3 Å². The molecule has 1 fully saturated rings. The van der Waals surface area contributed by atoms with Gasteiger partial charge in [-0.1, -0.05) is 61.5 Å². The Labute approximate surface area is 178 Å². The average molecular weight is 396 g/mol. The van der Waals surface area contributed by atoms with E-state index in [1.165, 1.54) is 53.7 Å². The molecule has 4 aromatic rings. The van der Waals surface area contributed by atoms with Gasteiger partial charge >= 0.3 is 0 Å². The van der Waals surface area contributed by atoms with Crippen molar-refractivity contribution in [2.24, 2.45) is 5.92 Å². The summed E-state index contributed by atoms with van der Waals surface area (Å²) in [4.78, 5) is 10.4. The summed E-state index contributed by atoms with van der Waals surface area (Å²) in [5, 5.41) is 0. The highest BCUT2D eigenvalue weighted by molar-refractivity contribution is 5.82. The topological polar surface area (TPSA) is 31.9 Å². The molecule has 0 radical (unpaired) electrons. The van der Waals surface area contributed by atoms with Crippen LogP contribution in [0.1, 0.15) is 31.2 Å². The second-order valence-corrected chi connectivity index (χ2v) is 8.75. The smallest absolute Gasteiger partial charge is 0.104 e. The molecule has 0 unspecified atom stereocenters. The molecule has 2 heterocycles. The first-order chi connectivity index (χ1) is 14.7. The van der Waals surface area contributed by atoms with Gasteiger partial charge in [0.05, 0.1) is 11.0 Å². The van der Waals surface area contributed by atoms with E-state index in [0.29, 0.717) is 0 Å². The van der Waals surface area contributed by atoms with Crippen LogP contribution in [0.2, 0.25) is 0 Å². The van der Waals surface area contributed by atoms with Crippen LogP contribution in [0.15, 0.2) is 66.7 Å². The van der Waals surface area contributed by atoms with E-state index in [0.717, 1.165) is 29.3 Å². The van der Waals surface area contributed by atoms with E-state index in [1.807, 2.05) is 6.92 Å². The zero-order valence-electron chi connectivity index (χ0n) is 17.9. The van der Waals surface area contributed by atoms with Crippen molar-refractivity contribution in [1.29, 1.82) is 0 Å². The Kier molecular flexibility index (Phi) is 5.14. The van der Waals surface area contributed by atoms with E-state index in [1.54, 1.807) is 0 Å². The molecule has 0 amide bonds. The van der Waals surface area contributed by atoms with Gasteiger partial charge in [0.1, 0.15) is 5.82 Å². The Morgan fingerprint density at radius 2 is 1.60 bits per heavy atom. The number of hydrogen-bond donors (Lipinski definition) is 1. The molecular weight excluding hydrogens is 366 g/mol. The lowest BCUT2D eigenvalue weighted by Gasteiger charge is -2.30. The maximum Gasteiger partial charge on any atom is 0.104 e. The molecule has 0 atom stereocenters. The van der Waals surface area contributed by atoms with Gasteiger partial charge < -0.3 is 4.98 Å². The van der Waals surface area contributed by atoms with Gasteiger partial charge in [-0.05, 0) is 78.7 Å². The third-order valence-corrected chi connectivity index (χ3v) is 6.42. The number of nitrogens with one attached hydrogen (secondary N) is 1. The third kappa shape index (κ3) is 3.90. The Morgan fingerprint density at radius 3 is 2.40 bits per heavy atom. The van der Waals surface area contributed by atoms with E-state index in [4.69, 9.17) is 0 Å². The van der Waals surface area contributed by atoms with Crippen LogP contribution in [0, 0.1) is 12.8 Å². The number of piperidine rings is 1. The number of rotatable bonds is 4. The van der Waals surface area contributed by atoms with Crippen LogP contribution in [0.5, 0.6) is 0 Å². The van der Waals surface area contributed by atoms with Crippen LogP contribution in [0.3, 0.4) is 0 Å². The molecule has 1 aliphatic rings. The number of fused-ring (bicyclic) bond motifs is 1. The maximum atomic E-state index is 4.50. The van der Waals surface area contributed by atoms with Crippen molar-refractivity contribution in [3.05, 3.63) is 78.1 Å². The largest absolute Gasteiger partial charge is 0.342 e. The SMILES string of the molecule is Cc1nc2ccc(-c3ccc(-c4ccccc4CN4CCC(C)CC4)cc3)cc2[nH]1. The Bertz CT molecular complexity index is 1150. The molecule has 3 nitrogen and oxygen atoms in total.